The molecule has 0 spiro atoms. The quantitative estimate of drug-likeness (QED) is 0.357. The zero-order valence-corrected chi connectivity index (χ0v) is 21.6. The summed E-state index contributed by atoms with van der Waals surface area (Å²) in [7, 11) is 0. The molecule has 2 bridgehead atoms. The normalized spacial score (nSPS) is 24.7. The van der Waals surface area contributed by atoms with Gasteiger partial charge < -0.3 is 21.1 Å². The Labute approximate surface area is 219 Å². The molecular formula is C27H31FN6O2S. The first-order chi connectivity index (χ1) is 18.0. The van der Waals surface area contributed by atoms with E-state index in [0.717, 1.165) is 41.8 Å². The maximum absolute atomic E-state index is 14.8. The van der Waals surface area contributed by atoms with Crippen molar-refractivity contribution in [2.75, 3.05) is 36.9 Å². The van der Waals surface area contributed by atoms with Crippen molar-refractivity contribution in [1.82, 2.24) is 14.9 Å². The van der Waals surface area contributed by atoms with Gasteiger partial charge in [0.1, 0.15) is 12.4 Å². The number of halogens is 1. The highest BCUT2D eigenvalue weighted by Gasteiger charge is 2.47. The van der Waals surface area contributed by atoms with E-state index in [0.29, 0.717) is 24.1 Å². The molecule has 37 heavy (non-hydrogen) atoms. The molecular weight excluding hydrogens is 491 g/mol. The van der Waals surface area contributed by atoms with Gasteiger partial charge in [-0.15, -0.1) is 11.3 Å². The average Bonchev–Trinajstić information content (AvgIpc) is 3.67. The van der Waals surface area contributed by atoms with E-state index >= 15 is 0 Å². The van der Waals surface area contributed by atoms with Crippen LogP contribution in [0.1, 0.15) is 24.8 Å². The van der Waals surface area contributed by atoms with Crippen LogP contribution in [0.15, 0.2) is 35.7 Å². The fourth-order valence-corrected chi connectivity index (χ4v) is 6.81. The molecule has 3 heterocycles. The molecule has 2 fully saturated rings. The number of fused-ring (bicyclic) bond motifs is 3. The molecule has 1 aliphatic heterocycles. The van der Waals surface area contributed by atoms with E-state index in [9.17, 15) is 9.18 Å². The molecule has 4 N–H and O–H groups in total. The van der Waals surface area contributed by atoms with Crippen LogP contribution in [0.4, 0.5) is 21.8 Å². The molecule has 1 aromatic carbocycles. The van der Waals surface area contributed by atoms with Crippen LogP contribution >= 0.6 is 11.3 Å². The Morgan fingerprint density at radius 2 is 2.05 bits per heavy atom. The Morgan fingerprint density at radius 1 is 1.24 bits per heavy atom. The van der Waals surface area contributed by atoms with Crippen molar-refractivity contribution in [3.63, 3.8) is 0 Å². The van der Waals surface area contributed by atoms with Crippen LogP contribution in [0, 0.1) is 30.5 Å². The van der Waals surface area contributed by atoms with E-state index in [4.69, 9.17) is 20.4 Å². The van der Waals surface area contributed by atoms with Crippen molar-refractivity contribution in [3.8, 4) is 5.75 Å². The van der Waals surface area contributed by atoms with Crippen molar-refractivity contribution in [3.05, 3.63) is 47.1 Å². The zero-order valence-electron chi connectivity index (χ0n) is 20.7. The average molecular weight is 523 g/mol. The van der Waals surface area contributed by atoms with Gasteiger partial charge in [-0.3, -0.25) is 9.69 Å². The third kappa shape index (κ3) is 4.75. The van der Waals surface area contributed by atoms with Crippen molar-refractivity contribution in [1.29, 1.82) is 0 Å². The maximum Gasteiger partial charge on any atom is 0.229 e. The molecule has 3 unspecified atom stereocenters. The number of anilines is 3. The molecule has 8 nitrogen and oxygen atoms in total. The van der Waals surface area contributed by atoms with E-state index in [1.165, 1.54) is 18.9 Å². The number of allylic oxidation sites excluding steroid dienone is 1. The molecule has 6 rings (SSSR count). The molecule has 2 aliphatic carbocycles. The fraction of sp³-hybridized carbons (Fsp3) is 0.444. The first-order valence-corrected chi connectivity index (χ1v) is 13.8. The summed E-state index contributed by atoms with van der Waals surface area (Å²) in [6.07, 6.45) is 7.62. The molecule has 3 aromatic rings. The third-order valence-electron chi connectivity index (χ3n) is 7.74. The highest BCUT2D eigenvalue weighted by Crippen LogP contribution is 2.45. The minimum Gasteiger partial charge on any atom is -0.489 e. The molecule has 4 atom stereocenters. The monoisotopic (exact) mass is 522 g/mol. The predicted molar refractivity (Wildman–Crippen MR) is 144 cm³/mol. The second-order valence-electron chi connectivity index (χ2n) is 10.2. The summed E-state index contributed by atoms with van der Waals surface area (Å²) >= 11 is 1.56. The van der Waals surface area contributed by atoms with E-state index in [1.807, 2.05) is 12.3 Å². The number of nitrogens with one attached hydrogen (secondary N) is 2. The van der Waals surface area contributed by atoms with Crippen LogP contribution in [-0.4, -0.2) is 53.1 Å². The van der Waals surface area contributed by atoms with Gasteiger partial charge in [0.2, 0.25) is 11.9 Å². The van der Waals surface area contributed by atoms with Gasteiger partial charge in [0, 0.05) is 24.3 Å². The summed E-state index contributed by atoms with van der Waals surface area (Å²) in [5, 5.41) is 8.71. The van der Waals surface area contributed by atoms with Gasteiger partial charge in [0.05, 0.1) is 16.1 Å². The number of thiophene rings is 1. The lowest BCUT2D eigenvalue weighted by Gasteiger charge is -2.27. The SMILES string of the molecule is Cc1csc2c(NC3C4C=C[C@H](C4)C3C(N)=O)nc(Nc3ccc(OCCN4CCCC4)c(F)c3)nc12. The lowest BCUT2D eigenvalue weighted by atomic mass is 9.88. The Morgan fingerprint density at radius 3 is 2.84 bits per heavy atom. The molecule has 194 valence electrons. The van der Waals surface area contributed by atoms with Gasteiger partial charge in [-0.2, -0.15) is 4.98 Å². The molecule has 0 radical (unpaired) electrons. The highest BCUT2D eigenvalue weighted by molar-refractivity contribution is 7.18. The molecule has 1 saturated heterocycles. The van der Waals surface area contributed by atoms with Crippen LogP contribution in [0.5, 0.6) is 5.75 Å². The second kappa shape index (κ2) is 9.90. The second-order valence-corrected chi connectivity index (χ2v) is 11.1. The first-order valence-electron chi connectivity index (χ1n) is 12.9. The summed E-state index contributed by atoms with van der Waals surface area (Å²) in [4.78, 5) is 24.0. The first kappa shape index (κ1) is 24.1. The number of primary amides is 1. The number of aromatic nitrogens is 2. The number of hydrogen-bond acceptors (Lipinski definition) is 8. The largest absolute Gasteiger partial charge is 0.489 e. The molecule has 3 aliphatic rings. The van der Waals surface area contributed by atoms with E-state index in [1.54, 1.807) is 23.5 Å². The number of carbonyl (C=O) groups excluding carboxylic acids is 1. The maximum atomic E-state index is 14.8. The van der Waals surface area contributed by atoms with Crippen molar-refractivity contribution < 1.29 is 13.9 Å². The Bertz CT molecular complexity index is 1350. The summed E-state index contributed by atoms with van der Waals surface area (Å²) in [6, 6.07) is 4.68. The van der Waals surface area contributed by atoms with Gasteiger partial charge in [-0.05, 0) is 74.2 Å². The Hall–Kier alpha value is -3.24. The van der Waals surface area contributed by atoms with Crippen LogP contribution in [0.3, 0.4) is 0 Å². The number of ether oxygens (including phenoxy) is 1. The van der Waals surface area contributed by atoms with Gasteiger partial charge in [-0.1, -0.05) is 12.2 Å². The minimum absolute atomic E-state index is 0.115. The number of benzene rings is 1. The topological polar surface area (TPSA) is 105 Å². The van der Waals surface area contributed by atoms with Gasteiger partial charge in [0.25, 0.3) is 0 Å². The highest BCUT2D eigenvalue weighted by atomic mass is 32.1. The van der Waals surface area contributed by atoms with Gasteiger partial charge in [-0.25, -0.2) is 9.37 Å². The zero-order chi connectivity index (χ0) is 25.5. The minimum atomic E-state index is -0.435. The number of nitrogens with two attached hydrogens (primary N) is 1. The van der Waals surface area contributed by atoms with Crippen LogP contribution in [0.25, 0.3) is 10.2 Å². The number of hydrogen-bond donors (Lipinski definition) is 3. The van der Waals surface area contributed by atoms with Crippen molar-refractivity contribution >= 4 is 44.9 Å². The molecule has 2 aromatic heterocycles. The standard InChI is InChI=1S/C27H31FN6O2S/c1-15-14-37-24-22(15)32-27(33-26(24)31-23-17-5-4-16(12-17)21(23)25(29)35)30-18-6-7-20(19(28)13-18)36-11-10-34-8-2-3-9-34/h4-7,13-14,16-17,21,23H,2-3,8-12H2,1H3,(H2,29,35)(H2,30,31,32,33)/t16-,17?,21?,23?/m1/s1. The van der Waals surface area contributed by atoms with Crippen LogP contribution < -0.4 is 21.1 Å². The summed E-state index contributed by atoms with van der Waals surface area (Å²) in [6.45, 7) is 5.43. The number of nitrogens with zero attached hydrogens (tertiary/aromatic N) is 3. The summed E-state index contributed by atoms with van der Waals surface area (Å²) < 4.78 is 21.4. The summed E-state index contributed by atoms with van der Waals surface area (Å²) in [5.74, 6) is 0.645. The summed E-state index contributed by atoms with van der Waals surface area (Å²) in [5.41, 5.74) is 8.14. The van der Waals surface area contributed by atoms with E-state index < -0.39 is 5.82 Å². The van der Waals surface area contributed by atoms with E-state index in [2.05, 4.69) is 27.7 Å². The van der Waals surface area contributed by atoms with Gasteiger partial charge in [0.15, 0.2) is 11.6 Å². The van der Waals surface area contributed by atoms with E-state index in [-0.39, 0.29) is 35.5 Å². The number of likely N-dealkylation sites (tertiary alicyclic amines) is 1. The number of carbonyl (C=O) groups is 1. The molecule has 1 saturated carbocycles. The van der Waals surface area contributed by atoms with Crippen LogP contribution in [-0.2, 0) is 4.79 Å². The Kier molecular flexibility index (Phi) is 6.46. The smallest absolute Gasteiger partial charge is 0.229 e. The molecule has 10 heteroatoms. The number of aryl methyl sites for hydroxylation is 1. The molecule has 1 amide bonds. The third-order valence-corrected chi connectivity index (χ3v) is 8.83. The van der Waals surface area contributed by atoms with Crippen molar-refractivity contribution in [2.24, 2.45) is 23.5 Å². The fourth-order valence-electron chi connectivity index (χ4n) is 5.87. The number of rotatable bonds is 9. The number of amides is 1. The Balaban J connectivity index is 1.21. The van der Waals surface area contributed by atoms with Gasteiger partial charge >= 0.3 is 0 Å². The lowest BCUT2D eigenvalue weighted by molar-refractivity contribution is -0.122. The van der Waals surface area contributed by atoms with Crippen molar-refractivity contribution in [2.45, 2.75) is 32.2 Å². The predicted octanol–water partition coefficient (Wildman–Crippen LogP) is 4.44. The van der Waals surface area contributed by atoms with Crippen LogP contribution in [0.2, 0.25) is 0 Å². The lowest BCUT2D eigenvalue weighted by Crippen LogP contribution is -2.41.